The predicted molar refractivity (Wildman–Crippen MR) is 102 cm³/mol. The van der Waals surface area contributed by atoms with Crippen LogP contribution < -0.4 is 11.1 Å². The van der Waals surface area contributed by atoms with Crippen molar-refractivity contribution in [3.8, 4) is 0 Å². The zero-order valence-electron chi connectivity index (χ0n) is 14.0. The number of nitrogens with two attached hydrogens (primary N) is 1. The summed E-state index contributed by atoms with van der Waals surface area (Å²) in [7, 11) is 0. The average molecular weight is 397 g/mol. The second-order valence-electron chi connectivity index (χ2n) is 5.58. The maximum atomic E-state index is 12.4. The molecular weight excluding hydrogens is 373 g/mol. The number of anilines is 1. The van der Waals surface area contributed by atoms with Crippen LogP contribution in [0.15, 0.2) is 18.2 Å². The molecule has 0 saturated carbocycles. The van der Waals surface area contributed by atoms with Crippen molar-refractivity contribution < 1.29 is 9.59 Å². The summed E-state index contributed by atoms with van der Waals surface area (Å²) in [5, 5.41) is 3.53. The van der Waals surface area contributed by atoms with Gasteiger partial charge in [0.2, 0.25) is 11.8 Å². The second-order valence-corrected chi connectivity index (χ2v) is 6.42. The molecule has 0 bridgehead atoms. The van der Waals surface area contributed by atoms with E-state index in [0.29, 0.717) is 22.3 Å². The van der Waals surface area contributed by atoms with E-state index in [1.165, 1.54) is 4.90 Å². The Kier molecular flexibility index (Phi) is 10.3. The Bertz CT molecular complexity index is 567. The number of carbonyl (C=O) groups is 2. The lowest BCUT2D eigenvalue weighted by molar-refractivity contribution is -0.138. The van der Waals surface area contributed by atoms with Gasteiger partial charge in [0.25, 0.3) is 0 Å². The summed E-state index contributed by atoms with van der Waals surface area (Å²) in [5.74, 6) is -0.777. The number of amides is 2. The molecule has 0 heterocycles. The zero-order valence-corrected chi connectivity index (χ0v) is 16.3. The topological polar surface area (TPSA) is 75.4 Å². The normalized spacial score (nSPS) is 12.8. The van der Waals surface area contributed by atoms with Crippen LogP contribution in [0.2, 0.25) is 10.0 Å². The molecule has 5 nitrogen and oxygen atoms in total. The van der Waals surface area contributed by atoms with Crippen LogP contribution in [0.3, 0.4) is 0 Å². The second kappa shape index (κ2) is 10.8. The van der Waals surface area contributed by atoms with Crippen molar-refractivity contribution in [2.45, 2.75) is 33.2 Å². The van der Waals surface area contributed by atoms with Crippen molar-refractivity contribution in [3.05, 3.63) is 28.2 Å². The number of benzene rings is 1. The number of hydrogen-bond donors (Lipinski definition) is 2. The van der Waals surface area contributed by atoms with Crippen LogP contribution >= 0.6 is 35.6 Å². The van der Waals surface area contributed by atoms with E-state index in [1.807, 2.05) is 6.92 Å². The quantitative estimate of drug-likeness (QED) is 0.739. The smallest absolute Gasteiger partial charge is 0.244 e. The molecular formula is C16H24Cl3N3O2. The Morgan fingerprint density at radius 3 is 2.42 bits per heavy atom. The molecule has 2 amide bonds. The van der Waals surface area contributed by atoms with Crippen LogP contribution in [-0.4, -0.2) is 35.8 Å². The third-order valence-electron chi connectivity index (χ3n) is 3.52. The zero-order chi connectivity index (χ0) is 17.6. The minimum absolute atomic E-state index is 0. The summed E-state index contributed by atoms with van der Waals surface area (Å²) in [5.41, 5.74) is 6.24. The van der Waals surface area contributed by atoms with Crippen LogP contribution in [0.25, 0.3) is 0 Å². The first kappa shape index (κ1) is 23.0. The molecule has 0 aliphatic heterocycles. The molecule has 1 aromatic carbocycles. The van der Waals surface area contributed by atoms with Gasteiger partial charge in [0.05, 0.1) is 23.2 Å². The highest BCUT2D eigenvalue weighted by Gasteiger charge is 2.24. The molecule has 0 radical (unpaired) electrons. The lowest BCUT2D eigenvalue weighted by Gasteiger charge is -2.26. The first-order valence-electron chi connectivity index (χ1n) is 7.55. The van der Waals surface area contributed by atoms with Crippen molar-refractivity contribution >= 4 is 53.1 Å². The minimum atomic E-state index is -0.339. The number of nitrogens with one attached hydrogen (secondary N) is 1. The van der Waals surface area contributed by atoms with Gasteiger partial charge in [-0.3, -0.25) is 9.59 Å². The standard InChI is InChI=1S/C16H23Cl2N3O2.ClH/c1-4-7-21(16(23)10(2)11(3)19)9-15(22)20-14-6-5-12(17)8-13(14)18;/h5-6,8,10-11H,4,7,9,19H2,1-3H3,(H,20,22);1H. The van der Waals surface area contributed by atoms with Crippen LogP contribution in [0.5, 0.6) is 0 Å². The number of hydrogen-bond acceptors (Lipinski definition) is 3. The largest absolute Gasteiger partial charge is 0.333 e. The third-order valence-corrected chi connectivity index (χ3v) is 4.07. The van der Waals surface area contributed by atoms with Gasteiger partial charge in [-0.1, -0.05) is 37.0 Å². The Labute approximate surface area is 159 Å². The molecule has 24 heavy (non-hydrogen) atoms. The van der Waals surface area contributed by atoms with Gasteiger partial charge < -0.3 is 16.0 Å². The Balaban J connectivity index is 0.00000529. The molecule has 0 aliphatic carbocycles. The number of carbonyl (C=O) groups excluding carboxylic acids is 2. The van der Waals surface area contributed by atoms with Gasteiger partial charge in [0.1, 0.15) is 0 Å². The van der Waals surface area contributed by atoms with Crippen LogP contribution in [-0.2, 0) is 9.59 Å². The Morgan fingerprint density at radius 1 is 1.29 bits per heavy atom. The van der Waals surface area contributed by atoms with E-state index in [2.05, 4.69) is 5.32 Å². The van der Waals surface area contributed by atoms with Crippen LogP contribution in [0.4, 0.5) is 5.69 Å². The highest BCUT2D eigenvalue weighted by Crippen LogP contribution is 2.25. The molecule has 0 aromatic heterocycles. The molecule has 0 fully saturated rings. The van der Waals surface area contributed by atoms with E-state index in [0.717, 1.165) is 6.42 Å². The van der Waals surface area contributed by atoms with E-state index in [1.54, 1.807) is 32.0 Å². The predicted octanol–water partition coefficient (Wildman–Crippen LogP) is 3.58. The van der Waals surface area contributed by atoms with E-state index in [-0.39, 0.29) is 42.7 Å². The highest BCUT2D eigenvalue weighted by molar-refractivity contribution is 6.36. The maximum Gasteiger partial charge on any atom is 0.244 e. The highest BCUT2D eigenvalue weighted by atomic mass is 35.5. The lowest BCUT2D eigenvalue weighted by Crippen LogP contribution is -2.45. The van der Waals surface area contributed by atoms with E-state index < -0.39 is 0 Å². The first-order chi connectivity index (χ1) is 10.8. The van der Waals surface area contributed by atoms with E-state index in [4.69, 9.17) is 28.9 Å². The SMILES string of the molecule is CCCN(CC(=O)Nc1ccc(Cl)cc1Cl)C(=O)C(C)C(C)N.Cl. The number of halogens is 3. The summed E-state index contributed by atoms with van der Waals surface area (Å²) in [6, 6.07) is 4.54. The van der Waals surface area contributed by atoms with Gasteiger partial charge in [0, 0.05) is 17.6 Å². The fourth-order valence-corrected chi connectivity index (χ4v) is 2.46. The van der Waals surface area contributed by atoms with Crippen molar-refractivity contribution in [1.29, 1.82) is 0 Å². The number of nitrogens with zero attached hydrogens (tertiary/aromatic N) is 1. The minimum Gasteiger partial charge on any atom is -0.333 e. The fourth-order valence-electron chi connectivity index (χ4n) is 2.00. The molecule has 0 aliphatic rings. The van der Waals surface area contributed by atoms with Crippen LogP contribution in [0, 0.1) is 5.92 Å². The van der Waals surface area contributed by atoms with Gasteiger partial charge in [0.15, 0.2) is 0 Å². The first-order valence-corrected chi connectivity index (χ1v) is 8.31. The van der Waals surface area contributed by atoms with Crippen molar-refractivity contribution in [3.63, 3.8) is 0 Å². The molecule has 1 aromatic rings. The summed E-state index contributed by atoms with van der Waals surface area (Å²) in [6.07, 6.45) is 0.756. The fraction of sp³-hybridized carbons (Fsp3) is 0.500. The molecule has 8 heteroatoms. The molecule has 2 unspecified atom stereocenters. The van der Waals surface area contributed by atoms with Gasteiger partial charge >= 0.3 is 0 Å². The number of rotatable bonds is 7. The van der Waals surface area contributed by atoms with E-state index in [9.17, 15) is 9.59 Å². The summed E-state index contributed by atoms with van der Waals surface area (Å²) < 4.78 is 0. The van der Waals surface area contributed by atoms with Gasteiger partial charge in [-0.05, 0) is 31.5 Å². The van der Waals surface area contributed by atoms with Gasteiger partial charge in [-0.25, -0.2) is 0 Å². The average Bonchev–Trinajstić information content (AvgIpc) is 2.48. The van der Waals surface area contributed by atoms with Crippen LogP contribution in [0.1, 0.15) is 27.2 Å². The molecule has 2 atom stereocenters. The Morgan fingerprint density at radius 2 is 1.92 bits per heavy atom. The Hall–Kier alpha value is -1.01. The third kappa shape index (κ3) is 6.85. The summed E-state index contributed by atoms with van der Waals surface area (Å²) in [4.78, 5) is 26.1. The van der Waals surface area contributed by atoms with Gasteiger partial charge in [-0.2, -0.15) is 0 Å². The summed E-state index contributed by atoms with van der Waals surface area (Å²) >= 11 is 11.9. The van der Waals surface area contributed by atoms with Crippen molar-refractivity contribution in [1.82, 2.24) is 4.90 Å². The molecule has 0 saturated heterocycles. The maximum absolute atomic E-state index is 12.4. The van der Waals surface area contributed by atoms with E-state index >= 15 is 0 Å². The lowest BCUT2D eigenvalue weighted by atomic mass is 10.0. The monoisotopic (exact) mass is 395 g/mol. The van der Waals surface area contributed by atoms with Gasteiger partial charge in [-0.15, -0.1) is 12.4 Å². The molecule has 0 spiro atoms. The molecule has 136 valence electrons. The molecule has 3 N–H and O–H groups in total. The van der Waals surface area contributed by atoms with Crippen molar-refractivity contribution in [2.75, 3.05) is 18.4 Å². The molecule has 1 rings (SSSR count). The van der Waals surface area contributed by atoms with Crippen molar-refractivity contribution in [2.24, 2.45) is 11.7 Å². The summed E-state index contributed by atoms with van der Waals surface area (Å²) in [6.45, 7) is 5.95.